The Morgan fingerprint density at radius 3 is 3.00 bits per heavy atom. The minimum Gasteiger partial charge on any atom is -0.408 e. The minimum absolute atomic E-state index is 0.427. The van der Waals surface area contributed by atoms with E-state index in [0.717, 1.165) is 12.1 Å². The Balaban J connectivity index is 1.75. The van der Waals surface area contributed by atoms with Gasteiger partial charge in [0.05, 0.1) is 0 Å². The number of nitrogens with two attached hydrogens (primary N) is 1. The number of nitrogens with zero attached hydrogens (tertiary/aromatic N) is 2. The molecule has 94 valence electrons. The summed E-state index contributed by atoms with van der Waals surface area (Å²) in [6.45, 7) is 0.514. The smallest absolute Gasteiger partial charge is 0.320 e. The van der Waals surface area contributed by atoms with Crippen LogP contribution in [-0.4, -0.2) is 16.7 Å². The quantitative estimate of drug-likeness (QED) is 0.857. The van der Waals surface area contributed by atoms with Crippen molar-refractivity contribution < 1.29 is 4.42 Å². The monoisotopic (exact) mass is 244 g/mol. The number of aromatic nitrogens is 2. The Hall–Kier alpha value is -1.88. The molecule has 0 bridgehead atoms. The summed E-state index contributed by atoms with van der Waals surface area (Å²) >= 11 is 0. The van der Waals surface area contributed by atoms with E-state index in [1.807, 2.05) is 0 Å². The van der Waals surface area contributed by atoms with Gasteiger partial charge in [-0.1, -0.05) is 11.2 Å². The number of hydrogen-bond acceptors (Lipinski definition) is 5. The largest absolute Gasteiger partial charge is 0.408 e. The third-order valence-corrected chi connectivity index (χ3v) is 3.17. The molecule has 0 atom stereocenters. The molecule has 1 aromatic heterocycles. The number of fused-ring (bicyclic) bond motifs is 1. The van der Waals surface area contributed by atoms with Gasteiger partial charge in [-0.15, -0.1) is 5.10 Å². The Morgan fingerprint density at radius 1 is 1.22 bits per heavy atom. The lowest BCUT2D eigenvalue weighted by atomic mass is 10.1. The molecular weight excluding hydrogens is 228 g/mol. The lowest BCUT2D eigenvalue weighted by Gasteiger charge is -2.04. The normalized spacial score (nSPS) is 13.6. The molecule has 5 heteroatoms. The average Bonchev–Trinajstić information content (AvgIpc) is 2.98. The first-order valence-electron chi connectivity index (χ1n) is 6.26. The second-order valence-corrected chi connectivity index (χ2v) is 4.50. The van der Waals surface area contributed by atoms with E-state index >= 15 is 0 Å². The minimum atomic E-state index is 0.427. The topological polar surface area (TPSA) is 77.0 Å². The van der Waals surface area contributed by atoms with Crippen LogP contribution in [0.1, 0.15) is 23.4 Å². The van der Waals surface area contributed by atoms with Gasteiger partial charge in [0, 0.05) is 18.7 Å². The summed E-state index contributed by atoms with van der Waals surface area (Å²) in [6.07, 6.45) is 4.21. The van der Waals surface area contributed by atoms with Crippen LogP contribution in [0.2, 0.25) is 0 Å². The summed E-state index contributed by atoms with van der Waals surface area (Å²) in [4.78, 5) is 0. The molecule has 0 saturated carbocycles. The number of rotatable bonds is 4. The molecule has 0 aliphatic heterocycles. The molecule has 3 rings (SSSR count). The van der Waals surface area contributed by atoms with Crippen molar-refractivity contribution in [1.82, 2.24) is 10.2 Å². The van der Waals surface area contributed by atoms with Crippen LogP contribution in [0.15, 0.2) is 22.6 Å². The second-order valence-electron chi connectivity index (χ2n) is 4.50. The van der Waals surface area contributed by atoms with E-state index < -0.39 is 0 Å². The van der Waals surface area contributed by atoms with E-state index in [0.29, 0.717) is 24.9 Å². The van der Waals surface area contributed by atoms with E-state index in [2.05, 4.69) is 33.7 Å². The number of nitrogens with one attached hydrogen (secondary N) is 1. The third-order valence-electron chi connectivity index (χ3n) is 3.17. The molecule has 1 heterocycles. The summed E-state index contributed by atoms with van der Waals surface area (Å²) in [5, 5.41) is 11.0. The molecular formula is C13H16N4O. The molecule has 3 N–H and O–H groups in total. The summed E-state index contributed by atoms with van der Waals surface area (Å²) in [5.74, 6) is 0.571. The van der Waals surface area contributed by atoms with Crippen LogP contribution in [0.3, 0.4) is 0 Å². The second kappa shape index (κ2) is 4.78. The summed E-state index contributed by atoms with van der Waals surface area (Å²) in [6, 6.07) is 6.81. The Labute approximate surface area is 105 Å². The number of benzene rings is 1. The first-order chi connectivity index (χ1) is 8.85. The Kier molecular flexibility index (Phi) is 2.98. The Bertz CT molecular complexity index is 550. The van der Waals surface area contributed by atoms with Crippen LogP contribution >= 0.6 is 0 Å². The van der Waals surface area contributed by atoms with Gasteiger partial charge in [0.1, 0.15) is 0 Å². The zero-order valence-electron chi connectivity index (χ0n) is 10.1. The summed E-state index contributed by atoms with van der Waals surface area (Å²) in [5.41, 5.74) is 9.31. The molecule has 18 heavy (non-hydrogen) atoms. The highest BCUT2D eigenvalue weighted by Gasteiger charge is 2.12. The van der Waals surface area contributed by atoms with Crippen LogP contribution in [0.5, 0.6) is 0 Å². The predicted octanol–water partition coefficient (Wildman–Crippen LogP) is 1.80. The predicted molar refractivity (Wildman–Crippen MR) is 68.8 cm³/mol. The maximum Gasteiger partial charge on any atom is 0.320 e. The van der Waals surface area contributed by atoms with Gasteiger partial charge >= 0.3 is 6.01 Å². The lowest BCUT2D eigenvalue weighted by Crippen LogP contribution is -2.02. The van der Waals surface area contributed by atoms with Crippen molar-refractivity contribution in [3.8, 4) is 0 Å². The molecule has 0 saturated heterocycles. The van der Waals surface area contributed by atoms with Crippen molar-refractivity contribution in [1.29, 1.82) is 0 Å². The zero-order valence-corrected chi connectivity index (χ0v) is 10.1. The van der Waals surface area contributed by atoms with Crippen molar-refractivity contribution in [2.45, 2.75) is 25.7 Å². The highest BCUT2D eigenvalue weighted by Crippen LogP contribution is 2.26. The maximum atomic E-state index is 5.44. The van der Waals surface area contributed by atoms with E-state index in [1.54, 1.807) is 0 Å². The molecule has 1 aliphatic rings. The van der Waals surface area contributed by atoms with Crippen LogP contribution in [0.4, 0.5) is 11.7 Å². The number of hydrogen-bond donors (Lipinski definition) is 2. The first kappa shape index (κ1) is 11.2. The van der Waals surface area contributed by atoms with Gasteiger partial charge in [0.2, 0.25) is 5.89 Å². The zero-order chi connectivity index (χ0) is 12.4. The molecule has 2 aromatic rings. The van der Waals surface area contributed by atoms with Crippen LogP contribution in [-0.2, 0) is 19.3 Å². The average molecular weight is 244 g/mol. The molecule has 1 aliphatic carbocycles. The highest BCUT2D eigenvalue weighted by atomic mass is 16.4. The summed E-state index contributed by atoms with van der Waals surface area (Å²) in [7, 11) is 0. The fraction of sp³-hybridized carbons (Fsp3) is 0.385. The highest BCUT2D eigenvalue weighted by molar-refractivity contribution is 5.55. The lowest BCUT2D eigenvalue weighted by molar-refractivity contribution is 0.510. The maximum absolute atomic E-state index is 5.44. The van der Waals surface area contributed by atoms with E-state index in [4.69, 9.17) is 10.2 Å². The van der Waals surface area contributed by atoms with Crippen LogP contribution in [0.25, 0.3) is 0 Å². The van der Waals surface area contributed by atoms with Crippen molar-refractivity contribution in [2.24, 2.45) is 5.73 Å². The SMILES string of the molecule is NCCc1nnc(Nc2ccc3c(c2)CCC3)o1. The molecule has 0 radical (unpaired) electrons. The van der Waals surface area contributed by atoms with Gasteiger partial charge in [-0.3, -0.25) is 0 Å². The van der Waals surface area contributed by atoms with E-state index in [9.17, 15) is 0 Å². The van der Waals surface area contributed by atoms with Crippen LogP contribution in [0, 0.1) is 0 Å². The molecule has 0 unspecified atom stereocenters. The van der Waals surface area contributed by atoms with Crippen LogP contribution < -0.4 is 11.1 Å². The van der Waals surface area contributed by atoms with Crippen molar-refractivity contribution >= 4 is 11.7 Å². The molecule has 5 nitrogen and oxygen atoms in total. The molecule has 0 amide bonds. The fourth-order valence-electron chi connectivity index (χ4n) is 2.30. The van der Waals surface area contributed by atoms with Crippen molar-refractivity contribution in [3.63, 3.8) is 0 Å². The number of aryl methyl sites for hydroxylation is 2. The van der Waals surface area contributed by atoms with Gasteiger partial charge in [-0.2, -0.15) is 0 Å². The Morgan fingerprint density at radius 2 is 2.11 bits per heavy atom. The third kappa shape index (κ3) is 2.22. The van der Waals surface area contributed by atoms with E-state index in [1.165, 1.54) is 24.0 Å². The van der Waals surface area contributed by atoms with Gasteiger partial charge < -0.3 is 15.5 Å². The first-order valence-corrected chi connectivity index (χ1v) is 6.26. The summed E-state index contributed by atoms with van der Waals surface area (Å²) < 4.78 is 5.43. The van der Waals surface area contributed by atoms with E-state index in [-0.39, 0.29) is 0 Å². The standard InChI is InChI=1S/C13H16N4O/c14-7-6-12-16-17-13(18-12)15-11-5-4-9-2-1-3-10(9)8-11/h4-5,8H,1-3,6-7,14H2,(H,15,17). The van der Waals surface area contributed by atoms with Gasteiger partial charge in [0.25, 0.3) is 0 Å². The fourth-order valence-corrected chi connectivity index (χ4v) is 2.30. The molecule has 1 aromatic carbocycles. The van der Waals surface area contributed by atoms with Gasteiger partial charge in [-0.25, -0.2) is 0 Å². The van der Waals surface area contributed by atoms with Crippen molar-refractivity contribution in [3.05, 3.63) is 35.2 Å². The van der Waals surface area contributed by atoms with Crippen molar-refractivity contribution in [2.75, 3.05) is 11.9 Å². The molecule has 0 fully saturated rings. The van der Waals surface area contributed by atoms with Gasteiger partial charge in [0.15, 0.2) is 0 Å². The molecule has 0 spiro atoms. The van der Waals surface area contributed by atoms with Gasteiger partial charge in [-0.05, 0) is 42.5 Å². The number of anilines is 2.